The Bertz CT molecular complexity index is 285. The average molecular weight is 207 g/mol. The molecule has 1 aliphatic heterocycles. The van der Waals surface area contributed by atoms with Crippen LogP contribution in [-0.2, 0) is 4.79 Å². The predicted octanol–water partition coefficient (Wildman–Crippen LogP) is 2.75. The first kappa shape index (κ1) is 10.7. The van der Waals surface area contributed by atoms with Crippen LogP contribution in [0.1, 0.15) is 46.0 Å². The van der Waals surface area contributed by atoms with Crippen molar-refractivity contribution in [1.82, 2.24) is 4.90 Å². The molecule has 0 N–H and O–H groups in total. The Morgan fingerprint density at radius 1 is 1.20 bits per heavy atom. The maximum Gasteiger partial charge on any atom is 0.163 e. The molecule has 2 heteroatoms. The molecule has 1 fully saturated rings. The van der Waals surface area contributed by atoms with Gasteiger partial charge in [-0.1, -0.05) is 13.8 Å². The van der Waals surface area contributed by atoms with Crippen LogP contribution < -0.4 is 0 Å². The zero-order chi connectivity index (χ0) is 10.9. The third-order valence-electron chi connectivity index (χ3n) is 3.73. The minimum absolute atomic E-state index is 0.126. The van der Waals surface area contributed by atoms with Crippen molar-refractivity contribution in [2.45, 2.75) is 46.0 Å². The monoisotopic (exact) mass is 207 g/mol. The zero-order valence-electron chi connectivity index (χ0n) is 9.88. The number of likely N-dealkylation sites (tertiary alicyclic amines) is 1. The summed E-state index contributed by atoms with van der Waals surface area (Å²) < 4.78 is 0. The summed E-state index contributed by atoms with van der Waals surface area (Å²) in [6.45, 7) is 6.41. The summed E-state index contributed by atoms with van der Waals surface area (Å²) in [7, 11) is 0. The van der Waals surface area contributed by atoms with Crippen molar-refractivity contribution in [2.24, 2.45) is 5.41 Å². The maximum absolute atomic E-state index is 11.9. The number of carbonyl (C=O) groups is 1. The van der Waals surface area contributed by atoms with Crippen LogP contribution in [0.2, 0.25) is 0 Å². The number of nitrogens with zero attached hydrogens (tertiary/aromatic N) is 1. The lowest BCUT2D eigenvalue weighted by Gasteiger charge is -2.36. The summed E-state index contributed by atoms with van der Waals surface area (Å²) >= 11 is 0. The zero-order valence-corrected chi connectivity index (χ0v) is 9.88. The second kappa shape index (κ2) is 3.99. The van der Waals surface area contributed by atoms with E-state index in [1.807, 2.05) is 6.08 Å². The van der Waals surface area contributed by atoms with Crippen molar-refractivity contribution in [2.75, 3.05) is 13.1 Å². The van der Waals surface area contributed by atoms with Crippen LogP contribution in [0.5, 0.6) is 0 Å². The van der Waals surface area contributed by atoms with Gasteiger partial charge in [0.05, 0.1) is 0 Å². The van der Waals surface area contributed by atoms with Crippen LogP contribution in [-0.4, -0.2) is 23.8 Å². The van der Waals surface area contributed by atoms with Crippen molar-refractivity contribution in [3.63, 3.8) is 0 Å². The smallest absolute Gasteiger partial charge is 0.163 e. The molecule has 84 valence electrons. The highest BCUT2D eigenvalue weighted by Gasteiger charge is 2.31. The van der Waals surface area contributed by atoms with Gasteiger partial charge < -0.3 is 4.90 Å². The van der Waals surface area contributed by atoms with Gasteiger partial charge in [-0.25, -0.2) is 0 Å². The summed E-state index contributed by atoms with van der Waals surface area (Å²) in [5, 5.41) is 0. The molecule has 0 radical (unpaired) electrons. The van der Waals surface area contributed by atoms with E-state index in [1.165, 1.54) is 25.0 Å². The molecule has 15 heavy (non-hydrogen) atoms. The first-order valence-electron chi connectivity index (χ1n) is 6.09. The van der Waals surface area contributed by atoms with Crippen LogP contribution in [0.15, 0.2) is 11.8 Å². The minimum Gasteiger partial charge on any atom is -0.375 e. The third kappa shape index (κ3) is 2.24. The quantitative estimate of drug-likeness (QED) is 0.659. The van der Waals surface area contributed by atoms with Crippen LogP contribution in [0.25, 0.3) is 0 Å². The molecular formula is C13H21NO. The molecule has 0 aromatic heterocycles. The van der Waals surface area contributed by atoms with Gasteiger partial charge in [0.25, 0.3) is 0 Å². The highest BCUT2D eigenvalue weighted by atomic mass is 16.1. The van der Waals surface area contributed by atoms with Gasteiger partial charge in [0.15, 0.2) is 5.78 Å². The summed E-state index contributed by atoms with van der Waals surface area (Å²) in [6, 6.07) is 0. The second-order valence-corrected chi connectivity index (χ2v) is 5.43. The van der Waals surface area contributed by atoms with E-state index in [1.54, 1.807) is 0 Å². The van der Waals surface area contributed by atoms with Gasteiger partial charge in [0, 0.05) is 30.3 Å². The Labute approximate surface area is 92.3 Å². The minimum atomic E-state index is -0.126. The van der Waals surface area contributed by atoms with Gasteiger partial charge in [-0.15, -0.1) is 0 Å². The van der Waals surface area contributed by atoms with Crippen molar-refractivity contribution in [3.05, 3.63) is 11.8 Å². The molecule has 2 nitrogen and oxygen atoms in total. The molecule has 0 aromatic carbocycles. The molecule has 0 unspecified atom stereocenters. The SMILES string of the molecule is CC1(C)CCC(N2CCCCC2)=CC1=O. The number of carbonyl (C=O) groups excluding carboxylic acids is 1. The van der Waals surface area contributed by atoms with E-state index >= 15 is 0 Å². The van der Waals surface area contributed by atoms with Gasteiger partial charge in [-0.2, -0.15) is 0 Å². The standard InChI is InChI=1S/C13H21NO/c1-13(2)7-6-11(10-12(13)15)14-8-4-3-5-9-14/h10H,3-9H2,1-2H3. The van der Waals surface area contributed by atoms with Crippen LogP contribution in [0, 0.1) is 5.41 Å². The molecular weight excluding hydrogens is 186 g/mol. The van der Waals surface area contributed by atoms with E-state index in [4.69, 9.17) is 0 Å². The van der Waals surface area contributed by atoms with Crippen LogP contribution >= 0.6 is 0 Å². The highest BCUT2D eigenvalue weighted by Crippen LogP contribution is 2.33. The Kier molecular flexibility index (Phi) is 2.85. The lowest BCUT2D eigenvalue weighted by Crippen LogP contribution is -2.34. The lowest BCUT2D eigenvalue weighted by atomic mass is 9.78. The maximum atomic E-state index is 11.9. The largest absolute Gasteiger partial charge is 0.375 e. The van der Waals surface area contributed by atoms with E-state index in [2.05, 4.69) is 18.7 Å². The number of hydrogen-bond donors (Lipinski definition) is 0. The predicted molar refractivity (Wildman–Crippen MR) is 61.5 cm³/mol. The van der Waals surface area contributed by atoms with Gasteiger partial charge in [-0.05, 0) is 32.1 Å². The number of piperidine rings is 1. The topological polar surface area (TPSA) is 20.3 Å². The lowest BCUT2D eigenvalue weighted by molar-refractivity contribution is -0.123. The summed E-state index contributed by atoms with van der Waals surface area (Å²) in [5.74, 6) is 0.314. The van der Waals surface area contributed by atoms with Gasteiger partial charge >= 0.3 is 0 Å². The summed E-state index contributed by atoms with van der Waals surface area (Å²) in [4.78, 5) is 14.3. The molecule has 0 atom stereocenters. The third-order valence-corrected chi connectivity index (χ3v) is 3.73. The highest BCUT2D eigenvalue weighted by molar-refractivity contribution is 5.95. The van der Waals surface area contributed by atoms with Crippen LogP contribution in [0.3, 0.4) is 0 Å². The van der Waals surface area contributed by atoms with Gasteiger partial charge in [0.1, 0.15) is 0 Å². The number of rotatable bonds is 1. The normalized spacial score (nSPS) is 26.4. The Hall–Kier alpha value is -0.790. The molecule has 0 amide bonds. The fourth-order valence-corrected chi connectivity index (χ4v) is 2.41. The molecule has 0 spiro atoms. The molecule has 1 aliphatic carbocycles. The Balaban J connectivity index is 2.07. The van der Waals surface area contributed by atoms with E-state index in [9.17, 15) is 4.79 Å². The van der Waals surface area contributed by atoms with E-state index in [0.717, 1.165) is 25.9 Å². The van der Waals surface area contributed by atoms with Crippen molar-refractivity contribution in [1.29, 1.82) is 0 Å². The van der Waals surface area contributed by atoms with E-state index in [0.29, 0.717) is 5.78 Å². The average Bonchev–Trinajstić information content (AvgIpc) is 2.23. The van der Waals surface area contributed by atoms with Crippen molar-refractivity contribution >= 4 is 5.78 Å². The fourth-order valence-electron chi connectivity index (χ4n) is 2.41. The van der Waals surface area contributed by atoms with Gasteiger partial charge in [-0.3, -0.25) is 4.79 Å². The summed E-state index contributed by atoms with van der Waals surface area (Å²) in [6.07, 6.45) is 7.91. The number of hydrogen-bond acceptors (Lipinski definition) is 2. The molecule has 1 heterocycles. The van der Waals surface area contributed by atoms with Gasteiger partial charge in [0.2, 0.25) is 0 Å². The number of allylic oxidation sites excluding steroid dienone is 2. The fraction of sp³-hybridized carbons (Fsp3) is 0.769. The number of ketones is 1. The molecule has 2 rings (SSSR count). The first-order chi connectivity index (χ1) is 7.09. The summed E-state index contributed by atoms with van der Waals surface area (Å²) in [5.41, 5.74) is 1.17. The Morgan fingerprint density at radius 2 is 1.87 bits per heavy atom. The van der Waals surface area contributed by atoms with Crippen molar-refractivity contribution < 1.29 is 4.79 Å². The van der Waals surface area contributed by atoms with E-state index < -0.39 is 0 Å². The van der Waals surface area contributed by atoms with Crippen molar-refractivity contribution in [3.8, 4) is 0 Å². The molecule has 0 saturated carbocycles. The van der Waals surface area contributed by atoms with E-state index in [-0.39, 0.29) is 5.41 Å². The van der Waals surface area contributed by atoms with Crippen LogP contribution in [0.4, 0.5) is 0 Å². The molecule has 2 aliphatic rings. The first-order valence-corrected chi connectivity index (χ1v) is 6.09. The molecule has 0 aromatic rings. The molecule has 1 saturated heterocycles. The second-order valence-electron chi connectivity index (χ2n) is 5.43. The Morgan fingerprint density at radius 3 is 2.47 bits per heavy atom. The molecule has 0 bridgehead atoms.